The van der Waals surface area contributed by atoms with E-state index in [1.807, 2.05) is 0 Å². The third kappa shape index (κ3) is 5.58. The number of nitrogens with zero attached hydrogens (tertiary/aromatic N) is 1. The number of carbonyl (C=O) groups is 2. The van der Waals surface area contributed by atoms with Crippen LogP contribution in [0.25, 0.3) is 0 Å². The van der Waals surface area contributed by atoms with E-state index in [4.69, 9.17) is 4.74 Å². The smallest absolute Gasteiger partial charge is 0.324 e. The van der Waals surface area contributed by atoms with E-state index in [2.05, 4.69) is 10.0 Å². The lowest BCUT2D eigenvalue weighted by atomic mass is 9.86. The largest absolute Gasteiger partial charge is 0.490 e. The number of benzene rings is 1. The third-order valence-corrected chi connectivity index (χ3v) is 8.02. The first kappa shape index (κ1) is 23.0. The summed E-state index contributed by atoms with van der Waals surface area (Å²) in [6, 6.07) is 4.21. The molecule has 2 aliphatic carbocycles. The topological polar surface area (TPSA) is 105 Å². The van der Waals surface area contributed by atoms with Gasteiger partial charge in [-0.15, -0.1) is 0 Å². The zero-order valence-electron chi connectivity index (χ0n) is 18.1. The fraction of sp³-hybridized carbons (Fsp3) is 0.636. The molecule has 2 N–H and O–H groups in total. The van der Waals surface area contributed by atoms with Crippen LogP contribution >= 0.6 is 0 Å². The van der Waals surface area contributed by atoms with Gasteiger partial charge in [-0.3, -0.25) is 10.1 Å². The summed E-state index contributed by atoms with van der Waals surface area (Å²) in [7, 11) is -3.52. The van der Waals surface area contributed by atoms with Gasteiger partial charge in [0, 0.05) is 6.54 Å². The standard InChI is InChI=1S/C22H30FN3O5S/c23-18-8-7-17(13-19(18)31-15-16-5-4-6-16)22(9-10-22)25-32(29,30)12-3-1-2-11-26-14-20(27)24-21(26)28/h7-8,13,16,25H,1-6,9-12,14-15H2,(H,24,27,28). The molecule has 2 saturated carbocycles. The molecule has 0 aromatic heterocycles. The van der Waals surface area contributed by atoms with Crippen LogP contribution in [-0.4, -0.2) is 50.7 Å². The molecule has 4 rings (SSSR count). The number of sulfonamides is 1. The fourth-order valence-corrected chi connectivity index (χ4v) is 5.74. The molecule has 10 heteroatoms. The number of urea groups is 1. The van der Waals surface area contributed by atoms with Crippen molar-refractivity contribution in [3.8, 4) is 5.75 Å². The predicted octanol–water partition coefficient (Wildman–Crippen LogP) is 2.64. The maximum atomic E-state index is 14.2. The van der Waals surface area contributed by atoms with E-state index >= 15 is 0 Å². The zero-order chi connectivity index (χ0) is 22.8. The second-order valence-electron chi connectivity index (χ2n) is 9.09. The van der Waals surface area contributed by atoms with E-state index in [9.17, 15) is 22.4 Å². The maximum Gasteiger partial charge on any atom is 0.324 e. The maximum absolute atomic E-state index is 14.2. The van der Waals surface area contributed by atoms with Crippen LogP contribution in [0.5, 0.6) is 5.75 Å². The van der Waals surface area contributed by atoms with Crippen molar-refractivity contribution in [3.63, 3.8) is 0 Å². The Morgan fingerprint density at radius 1 is 1.19 bits per heavy atom. The van der Waals surface area contributed by atoms with Crippen molar-refractivity contribution < 1.29 is 27.1 Å². The van der Waals surface area contributed by atoms with Gasteiger partial charge in [-0.2, -0.15) is 0 Å². The minimum absolute atomic E-state index is 0.0217. The molecule has 0 spiro atoms. The monoisotopic (exact) mass is 467 g/mol. The Kier molecular flexibility index (Phi) is 6.71. The van der Waals surface area contributed by atoms with E-state index in [-0.39, 0.29) is 24.0 Å². The highest BCUT2D eigenvalue weighted by Crippen LogP contribution is 2.47. The van der Waals surface area contributed by atoms with Crippen molar-refractivity contribution >= 4 is 22.0 Å². The number of imide groups is 1. The first-order valence-corrected chi connectivity index (χ1v) is 12.9. The molecule has 0 radical (unpaired) electrons. The molecule has 3 amide bonds. The van der Waals surface area contributed by atoms with Crippen molar-refractivity contribution in [3.05, 3.63) is 29.6 Å². The molecule has 1 aromatic carbocycles. The van der Waals surface area contributed by atoms with Gasteiger partial charge in [-0.1, -0.05) is 18.9 Å². The van der Waals surface area contributed by atoms with Crippen LogP contribution in [0.2, 0.25) is 0 Å². The Bertz CT molecular complexity index is 976. The van der Waals surface area contributed by atoms with Gasteiger partial charge in [0.25, 0.3) is 0 Å². The molecule has 1 heterocycles. The number of hydrogen-bond donors (Lipinski definition) is 2. The molecule has 3 fully saturated rings. The molecule has 0 unspecified atom stereocenters. The number of rotatable bonds is 12. The minimum Gasteiger partial charge on any atom is -0.490 e. The number of amides is 3. The lowest BCUT2D eigenvalue weighted by Crippen LogP contribution is -2.36. The Labute approximate surface area is 187 Å². The number of unbranched alkanes of at least 4 members (excludes halogenated alkanes) is 2. The number of nitrogens with one attached hydrogen (secondary N) is 2. The summed E-state index contributed by atoms with van der Waals surface area (Å²) in [5, 5.41) is 2.22. The van der Waals surface area contributed by atoms with E-state index in [1.54, 1.807) is 12.1 Å². The predicted molar refractivity (Wildman–Crippen MR) is 116 cm³/mol. The molecule has 1 aliphatic heterocycles. The number of hydrogen-bond acceptors (Lipinski definition) is 5. The first-order chi connectivity index (χ1) is 15.3. The van der Waals surface area contributed by atoms with Gasteiger partial charge < -0.3 is 9.64 Å². The van der Waals surface area contributed by atoms with Crippen molar-refractivity contribution in [2.75, 3.05) is 25.4 Å². The summed E-state index contributed by atoms with van der Waals surface area (Å²) in [5.74, 6) is -0.100. The fourth-order valence-electron chi connectivity index (χ4n) is 4.14. The number of ether oxygens (including phenoxy) is 1. The van der Waals surface area contributed by atoms with Gasteiger partial charge in [0.15, 0.2) is 11.6 Å². The molecule has 3 aliphatic rings. The minimum atomic E-state index is -3.52. The average molecular weight is 468 g/mol. The number of carbonyl (C=O) groups excluding carboxylic acids is 2. The van der Waals surface area contributed by atoms with Gasteiger partial charge in [-0.25, -0.2) is 22.3 Å². The molecule has 32 heavy (non-hydrogen) atoms. The average Bonchev–Trinajstić information content (AvgIpc) is 3.38. The summed E-state index contributed by atoms with van der Waals surface area (Å²) < 4.78 is 48.0. The highest BCUT2D eigenvalue weighted by atomic mass is 32.2. The van der Waals surface area contributed by atoms with E-state index in [1.165, 1.54) is 17.4 Å². The van der Waals surface area contributed by atoms with Gasteiger partial charge in [-0.05, 0) is 62.1 Å². The molecule has 0 atom stereocenters. The molecule has 0 bridgehead atoms. The van der Waals surface area contributed by atoms with Crippen LogP contribution in [-0.2, 0) is 20.4 Å². The quantitative estimate of drug-likeness (QED) is 0.363. The van der Waals surface area contributed by atoms with E-state index < -0.39 is 27.4 Å². The summed E-state index contributed by atoms with van der Waals surface area (Å²) in [6.07, 6.45) is 6.43. The van der Waals surface area contributed by atoms with Crippen molar-refractivity contribution in [2.45, 2.75) is 56.9 Å². The SMILES string of the molecule is O=C1CN(CCCCCS(=O)(=O)NC2(c3ccc(F)c(OCC4CCC4)c3)CC2)C(=O)N1. The van der Waals surface area contributed by atoms with E-state index in [0.29, 0.717) is 51.2 Å². The van der Waals surface area contributed by atoms with Gasteiger partial charge in [0.05, 0.1) is 17.9 Å². The van der Waals surface area contributed by atoms with Crippen LogP contribution in [0.1, 0.15) is 56.9 Å². The normalized spacial score (nSPS) is 20.2. The Balaban J connectivity index is 1.26. The molecule has 8 nitrogen and oxygen atoms in total. The van der Waals surface area contributed by atoms with Crippen LogP contribution in [0.3, 0.4) is 0 Å². The summed E-state index contributed by atoms with van der Waals surface area (Å²) in [4.78, 5) is 24.1. The second kappa shape index (κ2) is 9.35. The van der Waals surface area contributed by atoms with Crippen molar-refractivity contribution in [1.29, 1.82) is 0 Å². The summed E-state index contributed by atoms with van der Waals surface area (Å²) >= 11 is 0. The van der Waals surface area contributed by atoms with Crippen LogP contribution in [0.15, 0.2) is 18.2 Å². The summed E-state index contributed by atoms with van der Waals surface area (Å²) in [5.41, 5.74) is 0.0468. The van der Waals surface area contributed by atoms with Gasteiger partial charge >= 0.3 is 6.03 Å². The molecule has 1 aromatic rings. The highest BCUT2D eigenvalue weighted by Gasteiger charge is 2.47. The van der Waals surface area contributed by atoms with Crippen LogP contribution in [0.4, 0.5) is 9.18 Å². The Morgan fingerprint density at radius 3 is 2.59 bits per heavy atom. The highest BCUT2D eigenvalue weighted by molar-refractivity contribution is 7.89. The second-order valence-corrected chi connectivity index (χ2v) is 10.9. The van der Waals surface area contributed by atoms with E-state index in [0.717, 1.165) is 18.4 Å². The molecular weight excluding hydrogens is 437 g/mol. The lowest BCUT2D eigenvalue weighted by Gasteiger charge is -2.25. The Morgan fingerprint density at radius 2 is 1.97 bits per heavy atom. The zero-order valence-corrected chi connectivity index (χ0v) is 18.9. The molecular formula is C22H30FN3O5S. The molecule has 176 valence electrons. The third-order valence-electron chi connectivity index (χ3n) is 6.49. The number of halogens is 1. The van der Waals surface area contributed by atoms with Crippen LogP contribution in [0, 0.1) is 11.7 Å². The van der Waals surface area contributed by atoms with Crippen molar-refractivity contribution in [1.82, 2.24) is 14.9 Å². The van der Waals surface area contributed by atoms with Crippen LogP contribution < -0.4 is 14.8 Å². The summed E-state index contributed by atoms with van der Waals surface area (Å²) in [6.45, 7) is 0.978. The Hall–Kier alpha value is -2.20. The van der Waals surface area contributed by atoms with Gasteiger partial charge in [0.2, 0.25) is 15.9 Å². The lowest BCUT2D eigenvalue weighted by molar-refractivity contribution is -0.118. The first-order valence-electron chi connectivity index (χ1n) is 11.3. The molecule has 1 saturated heterocycles. The van der Waals surface area contributed by atoms with Gasteiger partial charge in [0.1, 0.15) is 6.54 Å². The van der Waals surface area contributed by atoms with Crippen molar-refractivity contribution in [2.24, 2.45) is 5.92 Å².